The highest BCUT2D eigenvalue weighted by molar-refractivity contribution is 6.37. The van der Waals surface area contributed by atoms with E-state index in [0.29, 0.717) is 10.8 Å². The first kappa shape index (κ1) is 14.8. The van der Waals surface area contributed by atoms with Crippen molar-refractivity contribution < 1.29 is 13.9 Å². The van der Waals surface area contributed by atoms with Gasteiger partial charge in [0.25, 0.3) is 5.91 Å². The number of ether oxygens (including phenoxy) is 1. The summed E-state index contributed by atoms with van der Waals surface area (Å²) in [6.45, 7) is 1.81. The molecule has 0 radical (unpaired) electrons. The van der Waals surface area contributed by atoms with Crippen molar-refractivity contribution in [1.82, 2.24) is 5.32 Å². The molecular weight excluding hydrogens is 301 g/mol. The standard InChI is InChI=1S/C14H13Cl2NO3/c1-8(11-4-3-7-20-11)17-14(18)12-9(15)5-6-10(16)13(12)19-2/h3-8H,1-2H3,(H,17,18). The zero-order valence-corrected chi connectivity index (χ0v) is 12.5. The maximum absolute atomic E-state index is 12.3. The lowest BCUT2D eigenvalue weighted by Crippen LogP contribution is -2.27. The number of hydrogen-bond acceptors (Lipinski definition) is 3. The Labute approximate surface area is 126 Å². The molecule has 4 nitrogen and oxygen atoms in total. The summed E-state index contributed by atoms with van der Waals surface area (Å²) in [4.78, 5) is 12.3. The van der Waals surface area contributed by atoms with Gasteiger partial charge in [0.1, 0.15) is 11.3 Å². The molecular formula is C14H13Cl2NO3. The maximum atomic E-state index is 12.3. The number of rotatable bonds is 4. The SMILES string of the molecule is COc1c(Cl)ccc(Cl)c1C(=O)NC(C)c1ccco1. The predicted molar refractivity (Wildman–Crippen MR) is 77.6 cm³/mol. The Balaban J connectivity index is 2.28. The molecule has 0 aliphatic heterocycles. The molecule has 20 heavy (non-hydrogen) atoms. The normalized spacial score (nSPS) is 12.0. The Morgan fingerprint density at radius 1 is 1.30 bits per heavy atom. The van der Waals surface area contributed by atoms with Gasteiger partial charge < -0.3 is 14.5 Å². The molecule has 2 rings (SSSR count). The Bertz CT molecular complexity index is 611. The third kappa shape index (κ3) is 2.92. The van der Waals surface area contributed by atoms with Crippen LogP contribution in [0.3, 0.4) is 0 Å². The molecule has 0 aliphatic rings. The van der Waals surface area contributed by atoms with E-state index < -0.39 is 0 Å². The molecule has 0 fully saturated rings. The molecule has 6 heteroatoms. The Morgan fingerprint density at radius 3 is 2.60 bits per heavy atom. The Kier molecular flexibility index (Phi) is 4.57. The van der Waals surface area contributed by atoms with E-state index in [9.17, 15) is 4.79 Å². The molecule has 0 bridgehead atoms. The maximum Gasteiger partial charge on any atom is 0.257 e. The van der Waals surface area contributed by atoms with Crippen molar-refractivity contribution in [3.63, 3.8) is 0 Å². The number of carbonyl (C=O) groups is 1. The van der Waals surface area contributed by atoms with Gasteiger partial charge in [-0.1, -0.05) is 23.2 Å². The van der Waals surface area contributed by atoms with E-state index in [2.05, 4.69) is 5.32 Å². The molecule has 0 saturated heterocycles. The average molecular weight is 314 g/mol. The molecule has 1 amide bonds. The Morgan fingerprint density at radius 2 is 2.00 bits per heavy atom. The van der Waals surface area contributed by atoms with Crippen LogP contribution in [0, 0.1) is 0 Å². The van der Waals surface area contributed by atoms with Crippen molar-refractivity contribution in [2.75, 3.05) is 7.11 Å². The van der Waals surface area contributed by atoms with Gasteiger partial charge in [-0.25, -0.2) is 0 Å². The fourth-order valence-corrected chi connectivity index (χ4v) is 2.29. The molecule has 1 unspecified atom stereocenters. The van der Waals surface area contributed by atoms with E-state index in [0.717, 1.165) is 0 Å². The molecule has 1 atom stereocenters. The molecule has 106 valence electrons. The van der Waals surface area contributed by atoms with E-state index in [4.69, 9.17) is 32.4 Å². The smallest absolute Gasteiger partial charge is 0.257 e. The van der Waals surface area contributed by atoms with Crippen LogP contribution in [-0.2, 0) is 0 Å². The highest BCUT2D eigenvalue weighted by Gasteiger charge is 2.21. The number of nitrogens with one attached hydrogen (secondary N) is 1. The number of halogens is 2. The topological polar surface area (TPSA) is 51.5 Å². The quantitative estimate of drug-likeness (QED) is 0.925. The third-order valence-corrected chi connectivity index (χ3v) is 3.42. The van der Waals surface area contributed by atoms with Gasteiger partial charge in [-0.05, 0) is 31.2 Å². The molecule has 1 aromatic carbocycles. The van der Waals surface area contributed by atoms with Gasteiger partial charge >= 0.3 is 0 Å². The van der Waals surface area contributed by atoms with Crippen molar-refractivity contribution in [1.29, 1.82) is 0 Å². The second-order valence-electron chi connectivity index (χ2n) is 4.15. The van der Waals surface area contributed by atoms with Crippen molar-refractivity contribution in [3.8, 4) is 5.75 Å². The summed E-state index contributed by atoms with van der Waals surface area (Å²) in [5.41, 5.74) is 0.208. The predicted octanol–water partition coefficient (Wildman–Crippen LogP) is 4.09. The van der Waals surface area contributed by atoms with Gasteiger partial charge in [-0.3, -0.25) is 4.79 Å². The first-order chi connectivity index (χ1) is 9.54. The van der Waals surface area contributed by atoms with Gasteiger partial charge in [0.05, 0.1) is 29.5 Å². The molecule has 0 saturated carbocycles. The van der Waals surface area contributed by atoms with Crippen LogP contribution in [0.25, 0.3) is 0 Å². The van der Waals surface area contributed by atoms with E-state index in [1.54, 1.807) is 30.5 Å². The summed E-state index contributed by atoms with van der Waals surface area (Å²) >= 11 is 12.1. The summed E-state index contributed by atoms with van der Waals surface area (Å²) < 4.78 is 10.4. The molecule has 2 aromatic rings. The molecule has 0 spiro atoms. The van der Waals surface area contributed by atoms with Crippen LogP contribution in [0.1, 0.15) is 29.1 Å². The Hall–Kier alpha value is -1.65. The van der Waals surface area contributed by atoms with Gasteiger partial charge in [-0.2, -0.15) is 0 Å². The lowest BCUT2D eigenvalue weighted by atomic mass is 10.1. The minimum Gasteiger partial charge on any atom is -0.494 e. The van der Waals surface area contributed by atoms with Crippen LogP contribution in [0.4, 0.5) is 0 Å². The van der Waals surface area contributed by atoms with Crippen LogP contribution in [0.15, 0.2) is 34.9 Å². The summed E-state index contributed by atoms with van der Waals surface area (Å²) in [6.07, 6.45) is 1.55. The zero-order valence-electron chi connectivity index (χ0n) is 10.9. The van der Waals surface area contributed by atoms with E-state index >= 15 is 0 Å². The second-order valence-corrected chi connectivity index (χ2v) is 4.96. The van der Waals surface area contributed by atoms with E-state index in [1.807, 2.05) is 6.92 Å². The fraction of sp³-hybridized carbons (Fsp3) is 0.214. The average Bonchev–Trinajstić information content (AvgIpc) is 2.94. The van der Waals surface area contributed by atoms with Crippen molar-refractivity contribution >= 4 is 29.1 Å². The minimum atomic E-state index is -0.377. The van der Waals surface area contributed by atoms with Gasteiger partial charge in [0, 0.05) is 0 Å². The second kappa shape index (κ2) is 6.20. The summed E-state index contributed by atoms with van der Waals surface area (Å²) in [5.74, 6) is 0.525. The number of methoxy groups -OCH3 is 1. The van der Waals surface area contributed by atoms with E-state index in [1.165, 1.54) is 7.11 Å². The van der Waals surface area contributed by atoms with Gasteiger partial charge in [-0.15, -0.1) is 0 Å². The van der Waals surface area contributed by atoms with Crippen LogP contribution in [0.5, 0.6) is 5.75 Å². The fourth-order valence-electron chi connectivity index (χ4n) is 1.82. The minimum absolute atomic E-state index is 0.208. The molecule has 1 aromatic heterocycles. The number of furan rings is 1. The molecule has 1 heterocycles. The first-order valence-corrected chi connectivity index (χ1v) is 6.66. The summed E-state index contributed by atoms with van der Waals surface area (Å²) in [7, 11) is 1.43. The summed E-state index contributed by atoms with van der Waals surface area (Å²) in [6, 6.07) is 6.37. The molecule has 0 aliphatic carbocycles. The number of benzene rings is 1. The van der Waals surface area contributed by atoms with Crippen molar-refractivity contribution in [2.24, 2.45) is 0 Å². The molecule has 1 N–H and O–H groups in total. The zero-order chi connectivity index (χ0) is 14.7. The third-order valence-electron chi connectivity index (χ3n) is 2.81. The van der Waals surface area contributed by atoms with Crippen LogP contribution in [0.2, 0.25) is 10.0 Å². The van der Waals surface area contributed by atoms with Crippen LogP contribution >= 0.6 is 23.2 Å². The van der Waals surface area contributed by atoms with Crippen molar-refractivity contribution in [2.45, 2.75) is 13.0 Å². The number of carbonyl (C=O) groups excluding carboxylic acids is 1. The number of hydrogen-bond donors (Lipinski definition) is 1. The first-order valence-electron chi connectivity index (χ1n) is 5.91. The highest BCUT2D eigenvalue weighted by atomic mass is 35.5. The van der Waals surface area contributed by atoms with Crippen LogP contribution in [-0.4, -0.2) is 13.0 Å². The lowest BCUT2D eigenvalue weighted by molar-refractivity contribution is 0.0932. The van der Waals surface area contributed by atoms with Crippen LogP contribution < -0.4 is 10.1 Å². The monoisotopic (exact) mass is 313 g/mol. The van der Waals surface area contributed by atoms with E-state index in [-0.39, 0.29) is 28.3 Å². The summed E-state index contributed by atoms with van der Waals surface area (Å²) in [5, 5.41) is 3.39. The lowest BCUT2D eigenvalue weighted by Gasteiger charge is -2.15. The van der Waals surface area contributed by atoms with Crippen molar-refractivity contribution in [3.05, 3.63) is 51.9 Å². The van der Waals surface area contributed by atoms with Gasteiger partial charge in [0.15, 0.2) is 5.75 Å². The number of amides is 1. The largest absolute Gasteiger partial charge is 0.494 e. The highest BCUT2D eigenvalue weighted by Crippen LogP contribution is 2.34. The van der Waals surface area contributed by atoms with Gasteiger partial charge in [0.2, 0.25) is 0 Å².